The molecule has 184 valence electrons. The van der Waals surface area contributed by atoms with E-state index in [1.807, 2.05) is 24.7 Å². The maximum atomic E-state index is 13.5. The Labute approximate surface area is 213 Å². The van der Waals surface area contributed by atoms with Crippen LogP contribution in [0.1, 0.15) is 5.56 Å². The molecule has 9 heteroatoms. The van der Waals surface area contributed by atoms with Crippen LogP contribution in [-0.4, -0.2) is 45.9 Å². The molecule has 3 aromatic heterocycles. The third kappa shape index (κ3) is 4.82. The lowest BCUT2D eigenvalue weighted by atomic mass is 10.0. The first kappa shape index (κ1) is 24.0. The summed E-state index contributed by atoms with van der Waals surface area (Å²) in [5, 5.41) is 8.99. The number of aromatic amines is 1. The van der Waals surface area contributed by atoms with Crippen LogP contribution in [0, 0.1) is 11.6 Å². The molecule has 1 saturated heterocycles. The highest BCUT2D eigenvalue weighted by molar-refractivity contribution is 5.94. The average molecular weight is 507 g/mol. The molecular formula is C27H25ClF2N6. The van der Waals surface area contributed by atoms with E-state index in [9.17, 15) is 8.78 Å². The summed E-state index contributed by atoms with van der Waals surface area (Å²) in [6.07, 6.45) is 5.58. The molecule has 0 atom stereocenters. The SMILES string of the molecule is Cl.Fc1cc(F)cc(Cn2ccc(-c3c[nH]c4ncc(-c5ccc(N6CCNCC6)cc5)cc34)n2)c1. The van der Waals surface area contributed by atoms with Crippen molar-refractivity contribution in [3.05, 3.63) is 90.4 Å². The quantitative estimate of drug-likeness (QED) is 0.342. The lowest BCUT2D eigenvalue weighted by Gasteiger charge is -2.29. The van der Waals surface area contributed by atoms with Gasteiger partial charge in [0.15, 0.2) is 0 Å². The van der Waals surface area contributed by atoms with E-state index in [0.717, 1.165) is 65.7 Å². The minimum atomic E-state index is -0.594. The molecule has 0 amide bonds. The van der Waals surface area contributed by atoms with Gasteiger partial charge in [0, 0.05) is 73.0 Å². The third-order valence-corrected chi connectivity index (χ3v) is 6.40. The van der Waals surface area contributed by atoms with Gasteiger partial charge in [-0.1, -0.05) is 12.1 Å². The summed E-state index contributed by atoms with van der Waals surface area (Å²) in [6, 6.07) is 16.1. The Hall–Kier alpha value is -3.75. The molecule has 2 N–H and O–H groups in total. The molecule has 0 aliphatic carbocycles. The van der Waals surface area contributed by atoms with Crippen molar-refractivity contribution in [1.82, 2.24) is 25.1 Å². The summed E-state index contributed by atoms with van der Waals surface area (Å²) in [7, 11) is 0. The zero-order valence-corrected chi connectivity index (χ0v) is 20.2. The number of rotatable bonds is 5. The molecule has 36 heavy (non-hydrogen) atoms. The fraction of sp³-hybridized carbons (Fsp3) is 0.185. The summed E-state index contributed by atoms with van der Waals surface area (Å²) >= 11 is 0. The van der Waals surface area contributed by atoms with Crippen LogP contribution in [-0.2, 0) is 6.54 Å². The van der Waals surface area contributed by atoms with Crippen LogP contribution >= 0.6 is 12.4 Å². The standard InChI is InChI=1S/C27H24F2N6.ClH/c28-21-11-18(12-22(29)14-21)17-35-8-5-26(33-35)25-16-32-27-24(25)13-20(15-31-27)19-1-3-23(4-2-19)34-9-6-30-7-10-34;/h1-5,8,11-16,30H,6-7,9-10,17H2,(H,31,32);1H. The Morgan fingerprint density at radius 2 is 1.64 bits per heavy atom. The number of H-pyrrole nitrogens is 1. The molecule has 0 unspecified atom stereocenters. The smallest absolute Gasteiger partial charge is 0.137 e. The summed E-state index contributed by atoms with van der Waals surface area (Å²) in [4.78, 5) is 10.2. The van der Waals surface area contributed by atoms with Gasteiger partial charge >= 0.3 is 0 Å². The number of piperazine rings is 1. The number of halogens is 3. The van der Waals surface area contributed by atoms with Crippen LogP contribution in [0.3, 0.4) is 0 Å². The highest BCUT2D eigenvalue weighted by Crippen LogP contribution is 2.31. The van der Waals surface area contributed by atoms with Crippen molar-refractivity contribution in [3.8, 4) is 22.4 Å². The number of fused-ring (bicyclic) bond motifs is 1. The number of aromatic nitrogens is 4. The first-order valence-electron chi connectivity index (χ1n) is 11.6. The second-order valence-electron chi connectivity index (χ2n) is 8.78. The highest BCUT2D eigenvalue weighted by Gasteiger charge is 2.13. The highest BCUT2D eigenvalue weighted by atomic mass is 35.5. The van der Waals surface area contributed by atoms with Gasteiger partial charge in [0.1, 0.15) is 17.3 Å². The first-order chi connectivity index (χ1) is 17.1. The summed E-state index contributed by atoms with van der Waals surface area (Å²) < 4.78 is 28.8. The van der Waals surface area contributed by atoms with E-state index in [1.165, 1.54) is 17.8 Å². The van der Waals surface area contributed by atoms with Crippen molar-refractivity contribution in [1.29, 1.82) is 0 Å². The van der Waals surface area contributed by atoms with Crippen molar-refractivity contribution in [2.24, 2.45) is 0 Å². The molecule has 0 radical (unpaired) electrons. The van der Waals surface area contributed by atoms with Gasteiger partial charge in [-0.05, 0) is 47.5 Å². The molecule has 1 aliphatic rings. The maximum Gasteiger partial charge on any atom is 0.137 e. The Kier molecular flexibility index (Phi) is 6.71. The van der Waals surface area contributed by atoms with E-state index in [2.05, 4.69) is 55.6 Å². The molecular weight excluding hydrogens is 482 g/mol. The summed E-state index contributed by atoms with van der Waals surface area (Å²) in [5.41, 5.74) is 6.35. The van der Waals surface area contributed by atoms with Crippen LogP contribution in [0.25, 0.3) is 33.4 Å². The Bertz CT molecular complexity index is 1470. The fourth-order valence-corrected chi connectivity index (χ4v) is 4.64. The zero-order chi connectivity index (χ0) is 23.8. The molecule has 6 nitrogen and oxygen atoms in total. The van der Waals surface area contributed by atoms with Gasteiger partial charge in [0.2, 0.25) is 0 Å². The predicted octanol–water partition coefficient (Wildman–Crippen LogP) is 5.25. The Morgan fingerprint density at radius 3 is 2.39 bits per heavy atom. The second-order valence-corrected chi connectivity index (χ2v) is 8.78. The van der Waals surface area contributed by atoms with E-state index in [0.29, 0.717) is 5.56 Å². The number of hydrogen-bond acceptors (Lipinski definition) is 4. The van der Waals surface area contributed by atoms with Gasteiger partial charge in [0.25, 0.3) is 0 Å². The van der Waals surface area contributed by atoms with E-state index >= 15 is 0 Å². The minimum absolute atomic E-state index is 0. The third-order valence-electron chi connectivity index (χ3n) is 6.40. The van der Waals surface area contributed by atoms with E-state index < -0.39 is 11.6 Å². The van der Waals surface area contributed by atoms with Gasteiger partial charge in [-0.15, -0.1) is 12.4 Å². The number of pyridine rings is 1. The molecule has 2 aromatic carbocycles. The largest absolute Gasteiger partial charge is 0.369 e. The van der Waals surface area contributed by atoms with E-state index in [4.69, 9.17) is 0 Å². The second kappa shape index (κ2) is 10.1. The molecule has 5 aromatic rings. The van der Waals surface area contributed by atoms with E-state index in [1.54, 1.807) is 4.68 Å². The van der Waals surface area contributed by atoms with Crippen LogP contribution in [0.5, 0.6) is 0 Å². The first-order valence-corrected chi connectivity index (χ1v) is 11.6. The van der Waals surface area contributed by atoms with Crippen molar-refractivity contribution in [3.63, 3.8) is 0 Å². The molecule has 0 bridgehead atoms. The number of anilines is 1. The van der Waals surface area contributed by atoms with Crippen molar-refractivity contribution in [2.45, 2.75) is 6.54 Å². The summed E-state index contributed by atoms with van der Waals surface area (Å²) in [5.74, 6) is -1.19. The normalized spacial score (nSPS) is 13.7. The number of benzene rings is 2. The van der Waals surface area contributed by atoms with Crippen LogP contribution in [0.15, 0.2) is 73.2 Å². The lowest BCUT2D eigenvalue weighted by molar-refractivity contribution is 0.574. The molecule has 0 saturated carbocycles. The van der Waals surface area contributed by atoms with Gasteiger partial charge in [-0.3, -0.25) is 4.68 Å². The molecule has 0 spiro atoms. The topological polar surface area (TPSA) is 61.8 Å². The molecule has 1 fully saturated rings. The monoisotopic (exact) mass is 506 g/mol. The van der Waals surface area contributed by atoms with Crippen molar-refractivity contribution < 1.29 is 8.78 Å². The van der Waals surface area contributed by atoms with Crippen molar-refractivity contribution in [2.75, 3.05) is 31.1 Å². The number of hydrogen-bond donors (Lipinski definition) is 2. The van der Waals surface area contributed by atoms with Gasteiger partial charge < -0.3 is 15.2 Å². The maximum absolute atomic E-state index is 13.5. The molecule has 6 rings (SSSR count). The summed E-state index contributed by atoms with van der Waals surface area (Å²) in [6.45, 7) is 4.32. The van der Waals surface area contributed by atoms with Gasteiger partial charge in [0.05, 0.1) is 12.2 Å². The minimum Gasteiger partial charge on any atom is -0.369 e. The van der Waals surface area contributed by atoms with Crippen LogP contribution < -0.4 is 10.2 Å². The van der Waals surface area contributed by atoms with Gasteiger partial charge in [-0.2, -0.15) is 5.10 Å². The molecule has 4 heterocycles. The Morgan fingerprint density at radius 1 is 0.889 bits per heavy atom. The van der Waals surface area contributed by atoms with Gasteiger partial charge in [-0.25, -0.2) is 13.8 Å². The van der Waals surface area contributed by atoms with Crippen LogP contribution in [0.2, 0.25) is 0 Å². The predicted molar refractivity (Wildman–Crippen MR) is 141 cm³/mol. The fourth-order valence-electron chi connectivity index (χ4n) is 4.64. The van der Waals surface area contributed by atoms with Crippen molar-refractivity contribution >= 4 is 29.1 Å². The zero-order valence-electron chi connectivity index (χ0n) is 19.4. The lowest BCUT2D eigenvalue weighted by Crippen LogP contribution is -2.43. The molecule has 1 aliphatic heterocycles. The Balaban J connectivity index is 0.00000267. The van der Waals surface area contributed by atoms with Crippen LogP contribution in [0.4, 0.5) is 14.5 Å². The number of nitrogens with one attached hydrogen (secondary N) is 2. The van der Waals surface area contributed by atoms with E-state index in [-0.39, 0.29) is 19.0 Å². The average Bonchev–Trinajstić information content (AvgIpc) is 3.50. The number of nitrogens with zero attached hydrogens (tertiary/aromatic N) is 4.